The van der Waals surface area contributed by atoms with Crippen molar-refractivity contribution in [3.63, 3.8) is 0 Å². The second kappa shape index (κ2) is 9.76. The summed E-state index contributed by atoms with van der Waals surface area (Å²) in [4.78, 5) is 9.25. The molecule has 0 spiro atoms. The Bertz CT molecular complexity index is 527. The third-order valence-electron chi connectivity index (χ3n) is 5.08. The lowest BCUT2D eigenvalue weighted by Gasteiger charge is -2.29. The van der Waals surface area contributed by atoms with Gasteiger partial charge in [-0.2, -0.15) is 0 Å². The van der Waals surface area contributed by atoms with Gasteiger partial charge in [-0.25, -0.2) is 8.42 Å². The Kier molecular flexibility index (Phi) is 8.68. The van der Waals surface area contributed by atoms with Gasteiger partial charge in [-0.1, -0.05) is 27.7 Å². The predicted octanol–water partition coefficient (Wildman–Crippen LogP) is 1.69. The summed E-state index contributed by atoms with van der Waals surface area (Å²) >= 11 is 0. The van der Waals surface area contributed by atoms with Gasteiger partial charge in [0.2, 0.25) is 0 Å². The van der Waals surface area contributed by atoms with Gasteiger partial charge in [-0.15, -0.1) is 0 Å². The molecule has 1 rings (SSSR count). The molecule has 1 heterocycles. The van der Waals surface area contributed by atoms with Crippen LogP contribution in [0.25, 0.3) is 0 Å². The van der Waals surface area contributed by atoms with Crippen LogP contribution in [0.5, 0.6) is 0 Å². The fourth-order valence-corrected chi connectivity index (χ4v) is 4.15. The lowest BCUT2D eigenvalue weighted by molar-refractivity contribution is 0.255. The van der Waals surface area contributed by atoms with E-state index in [4.69, 9.17) is 0 Å². The Morgan fingerprint density at radius 3 is 2.48 bits per heavy atom. The summed E-state index contributed by atoms with van der Waals surface area (Å²) in [5.74, 6) is 1.86. The van der Waals surface area contributed by atoms with Crippen LogP contribution in [-0.2, 0) is 9.84 Å². The van der Waals surface area contributed by atoms with E-state index in [1.165, 1.54) is 12.7 Å². The number of hydrogen-bond donors (Lipinski definition) is 1. The molecule has 1 N–H and O–H groups in total. The average molecular weight is 375 g/mol. The van der Waals surface area contributed by atoms with Crippen LogP contribution in [0.2, 0.25) is 0 Å². The van der Waals surface area contributed by atoms with Gasteiger partial charge in [-0.05, 0) is 37.3 Å². The van der Waals surface area contributed by atoms with Crippen LogP contribution in [0, 0.1) is 11.3 Å². The maximum Gasteiger partial charge on any atom is 0.193 e. The molecular formula is C18H38N4O2S. The fraction of sp³-hybridized carbons (Fsp3) is 0.944. The minimum Gasteiger partial charge on any atom is -0.356 e. The molecule has 0 radical (unpaired) electrons. The van der Waals surface area contributed by atoms with Crippen LogP contribution < -0.4 is 5.32 Å². The van der Waals surface area contributed by atoms with Crippen molar-refractivity contribution in [2.24, 2.45) is 16.3 Å². The standard InChI is InChI=1S/C18H38N4O2S/c1-7-21(8-2)13-16-9-11-22(14-16)17(19-5)20-15-18(3,4)10-12-25(6,23)24/h16H,7-15H2,1-6H3,(H,19,20). The van der Waals surface area contributed by atoms with E-state index in [0.717, 1.165) is 45.2 Å². The number of sulfone groups is 1. The summed E-state index contributed by atoms with van der Waals surface area (Å²) < 4.78 is 22.8. The van der Waals surface area contributed by atoms with Gasteiger partial charge in [-0.3, -0.25) is 4.99 Å². The van der Waals surface area contributed by atoms with Crippen LogP contribution >= 0.6 is 0 Å². The number of hydrogen-bond acceptors (Lipinski definition) is 4. The van der Waals surface area contributed by atoms with E-state index in [2.05, 4.69) is 47.8 Å². The first kappa shape index (κ1) is 22.2. The second-order valence-electron chi connectivity index (χ2n) is 8.03. The first-order chi connectivity index (χ1) is 11.6. The average Bonchev–Trinajstić information content (AvgIpc) is 2.99. The topological polar surface area (TPSA) is 65.0 Å². The molecule has 0 aromatic carbocycles. The Morgan fingerprint density at radius 1 is 1.32 bits per heavy atom. The molecular weight excluding hydrogens is 336 g/mol. The lowest BCUT2D eigenvalue weighted by atomic mass is 9.90. The van der Waals surface area contributed by atoms with Crippen molar-refractivity contribution < 1.29 is 8.42 Å². The van der Waals surface area contributed by atoms with Crippen LogP contribution in [0.1, 0.15) is 40.5 Å². The summed E-state index contributed by atoms with van der Waals surface area (Å²) in [6, 6.07) is 0. The van der Waals surface area contributed by atoms with E-state index in [1.54, 1.807) is 0 Å². The summed E-state index contributed by atoms with van der Waals surface area (Å²) in [6.07, 6.45) is 3.16. The van der Waals surface area contributed by atoms with Crippen LogP contribution in [0.15, 0.2) is 4.99 Å². The molecule has 1 unspecified atom stereocenters. The van der Waals surface area contributed by atoms with Gasteiger partial charge in [0.15, 0.2) is 5.96 Å². The van der Waals surface area contributed by atoms with Crippen molar-refractivity contribution >= 4 is 15.8 Å². The molecule has 1 fully saturated rings. The molecule has 0 bridgehead atoms. The van der Waals surface area contributed by atoms with E-state index in [9.17, 15) is 8.42 Å². The minimum absolute atomic E-state index is 0.0840. The Hall–Kier alpha value is -0.820. The zero-order valence-corrected chi connectivity index (χ0v) is 17.8. The quantitative estimate of drug-likeness (QED) is 0.491. The SMILES string of the molecule is CCN(CC)CC1CCN(C(=NC)NCC(C)(C)CCS(C)(=O)=O)C1. The zero-order valence-electron chi connectivity index (χ0n) is 17.0. The predicted molar refractivity (Wildman–Crippen MR) is 107 cm³/mol. The highest BCUT2D eigenvalue weighted by atomic mass is 32.2. The third kappa shape index (κ3) is 8.40. The maximum atomic E-state index is 11.4. The first-order valence-corrected chi connectivity index (χ1v) is 11.5. The van der Waals surface area contributed by atoms with E-state index >= 15 is 0 Å². The fourth-order valence-electron chi connectivity index (χ4n) is 3.22. The number of likely N-dealkylation sites (tertiary alicyclic amines) is 1. The van der Waals surface area contributed by atoms with Gasteiger partial charge in [0.05, 0.1) is 5.75 Å². The van der Waals surface area contributed by atoms with E-state index < -0.39 is 9.84 Å². The summed E-state index contributed by atoms with van der Waals surface area (Å²) in [6.45, 7) is 14.8. The van der Waals surface area contributed by atoms with Crippen molar-refractivity contribution in [3.05, 3.63) is 0 Å². The third-order valence-corrected chi connectivity index (χ3v) is 6.03. The van der Waals surface area contributed by atoms with Gasteiger partial charge >= 0.3 is 0 Å². The normalized spacial score (nSPS) is 19.7. The zero-order chi connectivity index (χ0) is 19.1. The molecule has 0 amide bonds. The maximum absolute atomic E-state index is 11.4. The molecule has 0 aromatic rings. The summed E-state index contributed by atoms with van der Waals surface area (Å²) in [7, 11) is -1.09. The van der Waals surface area contributed by atoms with E-state index in [-0.39, 0.29) is 11.2 Å². The van der Waals surface area contributed by atoms with Crippen LogP contribution in [0.3, 0.4) is 0 Å². The summed E-state index contributed by atoms with van der Waals surface area (Å²) in [5.41, 5.74) is -0.0840. The monoisotopic (exact) mass is 374 g/mol. The molecule has 25 heavy (non-hydrogen) atoms. The highest BCUT2D eigenvalue weighted by molar-refractivity contribution is 7.90. The minimum atomic E-state index is -2.91. The van der Waals surface area contributed by atoms with Crippen LogP contribution in [0.4, 0.5) is 0 Å². The number of guanidine groups is 1. The Labute approximate surface area is 155 Å². The largest absolute Gasteiger partial charge is 0.356 e. The van der Waals surface area contributed by atoms with Crippen molar-refractivity contribution in [2.75, 3.05) is 58.3 Å². The molecule has 1 aliphatic rings. The molecule has 0 aromatic heterocycles. The summed E-state index contributed by atoms with van der Waals surface area (Å²) in [5, 5.41) is 3.46. The lowest BCUT2D eigenvalue weighted by Crippen LogP contribution is -2.44. The van der Waals surface area contributed by atoms with Crippen molar-refractivity contribution in [1.29, 1.82) is 0 Å². The first-order valence-electron chi connectivity index (χ1n) is 9.46. The van der Waals surface area contributed by atoms with Gasteiger partial charge < -0.3 is 15.1 Å². The Balaban J connectivity index is 2.49. The molecule has 7 heteroatoms. The highest BCUT2D eigenvalue weighted by Gasteiger charge is 2.27. The van der Waals surface area contributed by atoms with Crippen molar-refractivity contribution in [2.45, 2.75) is 40.5 Å². The molecule has 1 atom stereocenters. The number of rotatable bonds is 9. The molecule has 1 saturated heterocycles. The van der Waals surface area contributed by atoms with E-state index in [0.29, 0.717) is 12.3 Å². The van der Waals surface area contributed by atoms with Crippen molar-refractivity contribution in [1.82, 2.24) is 15.1 Å². The molecule has 6 nitrogen and oxygen atoms in total. The Morgan fingerprint density at radius 2 is 1.96 bits per heavy atom. The van der Waals surface area contributed by atoms with Gasteiger partial charge in [0, 0.05) is 39.5 Å². The number of aliphatic imine (C=N–C) groups is 1. The second-order valence-corrected chi connectivity index (χ2v) is 10.3. The number of nitrogens with zero attached hydrogens (tertiary/aromatic N) is 3. The van der Waals surface area contributed by atoms with E-state index in [1.807, 2.05) is 7.05 Å². The molecule has 0 aliphatic carbocycles. The van der Waals surface area contributed by atoms with Crippen LogP contribution in [-0.4, -0.2) is 82.5 Å². The van der Waals surface area contributed by atoms with Crippen molar-refractivity contribution in [3.8, 4) is 0 Å². The smallest absolute Gasteiger partial charge is 0.193 e. The molecule has 1 aliphatic heterocycles. The van der Waals surface area contributed by atoms with Gasteiger partial charge in [0.1, 0.15) is 9.84 Å². The molecule has 0 saturated carbocycles. The van der Waals surface area contributed by atoms with Gasteiger partial charge in [0.25, 0.3) is 0 Å². The highest BCUT2D eigenvalue weighted by Crippen LogP contribution is 2.21. The molecule has 148 valence electrons. The number of nitrogens with one attached hydrogen (secondary N) is 1.